The second kappa shape index (κ2) is 8.64. The number of carboxylic acid groups (broad SMARTS) is 1. The quantitative estimate of drug-likeness (QED) is 0.430. The van der Waals surface area contributed by atoms with Gasteiger partial charge in [-0.2, -0.15) is 0 Å². The van der Waals surface area contributed by atoms with Crippen molar-refractivity contribution in [3.05, 3.63) is 76.8 Å². The minimum absolute atomic E-state index is 0.0260. The highest BCUT2D eigenvalue weighted by Crippen LogP contribution is 2.41. The lowest BCUT2D eigenvalue weighted by Crippen LogP contribution is -2.29. The van der Waals surface area contributed by atoms with Gasteiger partial charge in [-0.3, -0.25) is 4.98 Å². The number of aromatic carboxylic acids is 1. The molecule has 0 atom stereocenters. The molecule has 0 unspecified atom stereocenters. The SMILES string of the molecule is [C-]#[N+]c1c(F)ccc(-c2cccc(C(C)(C)c3nc(C(=O)O)cn3CC3(C)CCCC3)n2)c1F. The summed E-state index contributed by atoms with van der Waals surface area (Å²) in [7, 11) is 0. The molecule has 3 aromatic rings. The van der Waals surface area contributed by atoms with E-state index in [0.717, 1.165) is 31.7 Å². The highest BCUT2D eigenvalue weighted by molar-refractivity contribution is 5.85. The summed E-state index contributed by atoms with van der Waals surface area (Å²) in [6, 6.07) is 7.40. The van der Waals surface area contributed by atoms with Gasteiger partial charge in [0.1, 0.15) is 17.5 Å². The van der Waals surface area contributed by atoms with Gasteiger partial charge in [0, 0.05) is 18.3 Å². The molecule has 6 nitrogen and oxygen atoms in total. The maximum atomic E-state index is 14.8. The summed E-state index contributed by atoms with van der Waals surface area (Å²) in [5, 5.41) is 9.59. The molecule has 34 heavy (non-hydrogen) atoms. The number of carbonyl (C=O) groups is 1. The number of imidazole rings is 1. The van der Waals surface area contributed by atoms with Gasteiger partial charge in [0.2, 0.25) is 0 Å². The number of rotatable bonds is 6. The van der Waals surface area contributed by atoms with Crippen LogP contribution in [-0.4, -0.2) is 25.6 Å². The van der Waals surface area contributed by atoms with Gasteiger partial charge in [-0.15, -0.1) is 0 Å². The topological polar surface area (TPSA) is 72.4 Å². The minimum atomic E-state index is -1.10. The Balaban J connectivity index is 1.79. The van der Waals surface area contributed by atoms with Crippen molar-refractivity contribution >= 4 is 11.7 Å². The van der Waals surface area contributed by atoms with Gasteiger partial charge in [0.25, 0.3) is 5.69 Å². The van der Waals surface area contributed by atoms with Gasteiger partial charge in [-0.05, 0) is 56.4 Å². The molecule has 0 bridgehead atoms. The van der Waals surface area contributed by atoms with Crippen molar-refractivity contribution in [3.63, 3.8) is 0 Å². The molecule has 8 heteroatoms. The maximum absolute atomic E-state index is 14.8. The van der Waals surface area contributed by atoms with Gasteiger partial charge in [-0.25, -0.2) is 23.4 Å². The van der Waals surface area contributed by atoms with Crippen molar-refractivity contribution in [2.45, 2.75) is 58.4 Å². The first-order valence-electron chi connectivity index (χ1n) is 11.2. The van der Waals surface area contributed by atoms with E-state index in [1.165, 1.54) is 6.07 Å². The highest BCUT2D eigenvalue weighted by Gasteiger charge is 2.36. The van der Waals surface area contributed by atoms with E-state index < -0.39 is 28.7 Å². The van der Waals surface area contributed by atoms with Crippen molar-refractivity contribution in [3.8, 4) is 11.3 Å². The second-order valence-corrected chi connectivity index (χ2v) is 9.80. The van der Waals surface area contributed by atoms with Crippen LogP contribution in [0.1, 0.15) is 68.5 Å². The number of benzene rings is 1. The van der Waals surface area contributed by atoms with Crippen LogP contribution in [0, 0.1) is 23.6 Å². The molecule has 1 saturated carbocycles. The number of pyridine rings is 1. The Morgan fingerprint density at radius 2 is 1.91 bits per heavy atom. The van der Waals surface area contributed by atoms with E-state index in [1.54, 1.807) is 24.4 Å². The van der Waals surface area contributed by atoms with Crippen LogP contribution < -0.4 is 0 Å². The summed E-state index contributed by atoms with van der Waals surface area (Å²) in [6.07, 6.45) is 6.00. The molecule has 176 valence electrons. The third-order valence-corrected chi connectivity index (χ3v) is 6.76. The summed E-state index contributed by atoms with van der Waals surface area (Å²) >= 11 is 0. The molecule has 0 saturated heterocycles. The molecule has 1 aliphatic carbocycles. The number of hydrogen-bond donors (Lipinski definition) is 1. The third kappa shape index (κ3) is 4.18. The minimum Gasteiger partial charge on any atom is -0.476 e. The van der Waals surface area contributed by atoms with Gasteiger partial charge in [0.15, 0.2) is 5.69 Å². The van der Waals surface area contributed by atoms with Crippen LogP contribution in [0.15, 0.2) is 36.5 Å². The first kappa shape index (κ1) is 23.6. The Kier molecular flexibility index (Phi) is 5.98. The fraction of sp³-hybridized carbons (Fsp3) is 0.385. The molecular formula is C26H26F2N4O2. The molecule has 2 aromatic heterocycles. The molecule has 1 fully saturated rings. The Morgan fingerprint density at radius 3 is 2.56 bits per heavy atom. The van der Waals surface area contributed by atoms with Crippen molar-refractivity contribution in [2.75, 3.05) is 0 Å². The fourth-order valence-corrected chi connectivity index (χ4v) is 4.82. The molecule has 0 radical (unpaired) electrons. The highest BCUT2D eigenvalue weighted by atomic mass is 19.1. The summed E-state index contributed by atoms with van der Waals surface area (Å²) in [5.41, 5.74) is -0.617. The first-order chi connectivity index (χ1) is 16.1. The molecule has 1 aliphatic rings. The number of halogens is 2. The zero-order chi connectivity index (χ0) is 24.7. The average molecular weight is 465 g/mol. The monoisotopic (exact) mass is 464 g/mol. The van der Waals surface area contributed by atoms with E-state index in [4.69, 9.17) is 6.57 Å². The van der Waals surface area contributed by atoms with Gasteiger partial charge in [0.05, 0.1) is 23.4 Å². The van der Waals surface area contributed by atoms with E-state index >= 15 is 0 Å². The smallest absolute Gasteiger partial charge is 0.356 e. The van der Waals surface area contributed by atoms with Crippen LogP contribution in [0.2, 0.25) is 0 Å². The average Bonchev–Trinajstić information content (AvgIpc) is 3.41. The number of hydrogen-bond acceptors (Lipinski definition) is 3. The van der Waals surface area contributed by atoms with Gasteiger partial charge < -0.3 is 9.67 Å². The molecular weight excluding hydrogens is 438 g/mol. The lowest BCUT2D eigenvalue weighted by atomic mass is 9.85. The van der Waals surface area contributed by atoms with Crippen LogP contribution in [-0.2, 0) is 12.0 Å². The predicted octanol–water partition coefficient (Wildman–Crippen LogP) is 6.38. The van der Waals surface area contributed by atoms with Crippen molar-refractivity contribution in [1.29, 1.82) is 0 Å². The normalized spacial score (nSPS) is 15.3. The van der Waals surface area contributed by atoms with E-state index in [9.17, 15) is 18.7 Å². The van der Waals surface area contributed by atoms with Gasteiger partial charge >= 0.3 is 5.97 Å². The van der Waals surface area contributed by atoms with Crippen molar-refractivity contribution in [1.82, 2.24) is 14.5 Å². The number of aromatic nitrogens is 3. The largest absolute Gasteiger partial charge is 0.476 e. The van der Waals surface area contributed by atoms with E-state index in [-0.39, 0.29) is 22.4 Å². The Labute approximate surface area is 197 Å². The molecule has 0 amide bonds. The van der Waals surface area contributed by atoms with E-state index in [2.05, 4.69) is 21.7 Å². The van der Waals surface area contributed by atoms with E-state index in [1.807, 2.05) is 18.4 Å². The predicted molar refractivity (Wildman–Crippen MR) is 124 cm³/mol. The lowest BCUT2D eigenvalue weighted by Gasteiger charge is -2.30. The molecule has 0 spiro atoms. The molecule has 1 N–H and O–H groups in total. The second-order valence-electron chi connectivity index (χ2n) is 9.80. The van der Waals surface area contributed by atoms with Crippen LogP contribution in [0.4, 0.5) is 14.5 Å². The Hall–Kier alpha value is -3.60. The van der Waals surface area contributed by atoms with Crippen molar-refractivity contribution in [2.24, 2.45) is 5.41 Å². The molecule has 4 rings (SSSR count). The van der Waals surface area contributed by atoms with Crippen LogP contribution >= 0.6 is 0 Å². The summed E-state index contributed by atoms with van der Waals surface area (Å²) in [4.78, 5) is 23.8. The number of nitrogens with zero attached hydrogens (tertiary/aromatic N) is 4. The van der Waals surface area contributed by atoms with Crippen LogP contribution in [0.5, 0.6) is 0 Å². The summed E-state index contributed by atoms with van der Waals surface area (Å²) < 4.78 is 30.5. The standard InChI is InChI=1S/C26H26F2N4O2/c1-25(2,24-31-19(23(33)34)14-32(24)15-26(3)12-5-6-13-26)20-9-7-8-18(30-20)16-10-11-17(27)22(29-4)21(16)28/h7-11,14H,5-6,12-13,15H2,1-3H3,(H,33,34). The molecule has 0 aliphatic heterocycles. The zero-order valence-electron chi connectivity index (χ0n) is 19.4. The third-order valence-electron chi connectivity index (χ3n) is 6.76. The Bertz CT molecular complexity index is 1300. The molecule has 1 aromatic carbocycles. The Morgan fingerprint density at radius 1 is 1.21 bits per heavy atom. The zero-order valence-corrected chi connectivity index (χ0v) is 19.4. The lowest BCUT2D eigenvalue weighted by molar-refractivity contribution is 0.0690. The summed E-state index contributed by atoms with van der Waals surface area (Å²) in [5.74, 6) is -2.42. The molecule has 2 heterocycles. The van der Waals surface area contributed by atoms with Crippen LogP contribution in [0.3, 0.4) is 0 Å². The van der Waals surface area contributed by atoms with E-state index in [0.29, 0.717) is 18.1 Å². The maximum Gasteiger partial charge on any atom is 0.356 e. The fourth-order valence-electron chi connectivity index (χ4n) is 4.82. The van der Waals surface area contributed by atoms with Crippen molar-refractivity contribution < 1.29 is 18.7 Å². The van der Waals surface area contributed by atoms with Gasteiger partial charge in [-0.1, -0.05) is 25.8 Å². The van der Waals surface area contributed by atoms with Crippen LogP contribution in [0.25, 0.3) is 16.1 Å². The number of carboxylic acids is 1. The summed E-state index contributed by atoms with van der Waals surface area (Å²) in [6.45, 7) is 13.7. The first-order valence-corrected chi connectivity index (χ1v) is 11.2.